The summed E-state index contributed by atoms with van der Waals surface area (Å²) in [5, 5.41) is 4.89. The van der Waals surface area contributed by atoms with Crippen LogP contribution < -0.4 is 0 Å². The lowest BCUT2D eigenvalue weighted by molar-refractivity contribution is 0.641. The van der Waals surface area contributed by atoms with Crippen LogP contribution in [-0.2, 0) is 5.41 Å². The lowest BCUT2D eigenvalue weighted by atomic mass is 9.82. The van der Waals surface area contributed by atoms with Crippen molar-refractivity contribution in [3.05, 3.63) is 145 Å². The molecule has 1 heterocycles. The van der Waals surface area contributed by atoms with Crippen molar-refractivity contribution in [2.75, 3.05) is 0 Å². The highest BCUT2D eigenvalue weighted by molar-refractivity contribution is 6.01. The Balaban J connectivity index is 1.46. The number of rotatable bonds is 3. The van der Waals surface area contributed by atoms with Crippen molar-refractivity contribution in [2.24, 2.45) is 0 Å². The zero-order valence-electron chi connectivity index (χ0n) is 23.1. The van der Waals surface area contributed by atoms with Crippen molar-refractivity contribution in [3.8, 4) is 44.9 Å². The highest BCUT2D eigenvalue weighted by atomic mass is 14.9. The van der Waals surface area contributed by atoms with Crippen LogP contribution in [0.2, 0.25) is 0 Å². The number of hydrogen-bond acceptors (Lipinski definition) is 2. The summed E-state index contributed by atoms with van der Waals surface area (Å²) in [6.07, 6.45) is 0. The predicted octanol–water partition coefficient (Wildman–Crippen LogP) is 10.1. The van der Waals surface area contributed by atoms with Gasteiger partial charge in [0.2, 0.25) is 0 Å². The van der Waals surface area contributed by atoms with E-state index in [4.69, 9.17) is 9.97 Å². The smallest absolute Gasteiger partial charge is 0.160 e. The van der Waals surface area contributed by atoms with Gasteiger partial charge in [-0.15, -0.1) is 0 Å². The Hall–Kier alpha value is -5.08. The minimum absolute atomic E-state index is 0.292. The van der Waals surface area contributed by atoms with Crippen LogP contribution in [0.4, 0.5) is 0 Å². The molecule has 0 unspecified atom stereocenters. The third-order valence-electron chi connectivity index (χ3n) is 8.60. The standard InChI is InChI=1S/C39H28N2/c1-39(2)35-31-20-9-7-15-27(31)22-23-33(35)34-36(29-18-10-17-28(24-29)25-12-4-3-5-13-25)40-38(41-37(34)39)32-21-11-16-26-14-6-8-19-30(26)32/h3-24H,1-2H3. The van der Waals surface area contributed by atoms with Gasteiger partial charge in [0.1, 0.15) is 0 Å². The van der Waals surface area contributed by atoms with E-state index in [9.17, 15) is 0 Å². The Kier molecular flexibility index (Phi) is 5.20. The molecule has 0 N–H and O–H groups in total. The van der Waals surface area contributed by atoms with E-state index >= 15 is 0 Å². The van der Waals surface area contributed by atoms with E-state index in [0.29, 0.717) is 0 Å². The predicted molar refractivity (Wildman–Crippen MR) is 171 cm³/mol. The molecule has 0 amide bonds. The summed E-state index contributed by atoms with van der Waals surface area (Å²) in [7, 11) is 0. The second-order valence-electron chi connectivity index (χ2n) is 11.4. The van der Waals surface area contributed by atoms with Gasteiger partial charge >= 0.3 is 0 Å². The molecule has 1 aromatic heterocycles. The number of aromatic nitrogens is 2. The summed E-state index contributed by atoms with van der Waals surface area (Å²) in [5.41, 5.74) is 10.0. The van der Waals surface area contributed by atoms with E-state index in [1.807, 2.05) is 0 Å². The molecule has 0 atom stereocenters. The van der Waals surface area contributed by atoms with Gasteiger partial charge in [-0.05, 0) is 49.9 Å². The van der Waals surface area contributed by atoms with Crippen LogP contribution in [0, 0.1) is 0 Å². The van der Waals surface area contributed by atoms with Crippen LogP contribution in [-0.4, -0.2) is 9.97 Å². The molecule has 1 aliphatic rings. The SMILES string of the molecule is CC1(C)c2nc(-c3cccc4ccccc34)nc(-c3cccc(-c4ccccc4)c3)c2-c2ccc3ccccc3c21. The summed E-state index contributed by atoms with van der Waals surface area (Å²) in [6.45, 7) is 4.63. The Labute approximate surface area is 240 Å². The molecule has 0 aliphatic heterocycles. The number of fused-ring (bicyclic) bond motifs is 6. The lowest BCUT2D eigenvalue weighted by Gasteiger charge is -2.23. The highest BCUT2D eigenvalue weighted by Crippen LogP contribution is 2.53. The van der Waals surface area contributed by atoms with Gasteiger partial charge in [0.15, 0.2) is 5.82 Å². The lowest BCUT2D eigenvalue weighted by Crippen LogP contribution is -2.18. The summed E-state index contributed by atoms with van der Waals surface area (Å²) in [4.78, 5) is 10.8. The monoisotopic (exact) mass is 524 g/mol. The Morgan fingerprint density at radius 3 is 1.95 bits per heavy atom. The van der Waals surface area contributed by atoms with Crippen LogP contribution in [0.25, 0.3) is 66.4 Å². The van der Waals surface area contributed by atoms with E-state index in [2.05, 4.69) is 147 Å². The first-order chi connectivity index (χ1) is 20.1. The Morgan fingerprint density at radius 1 is 0.488 bits per heavy atom. The van der Waals surface area contributed by atoms with Crippen molar-refractivity contribution in [1.29, 1.82) is 0 Å². The van der Waals surface area contributed by atoms with Crippen LogP contribution in [0.15, 0.2) is 133 Å². The van der Waals surface area contributed by atoms with Gasteiger partial charge in [-0.3, -0.25) is 0 Å². The first kappa shape index (κ1) is 23.8. The molecule has 0 bridgehead atoms. The topological polar surface area (TPSA) is 25.8 Å². The van der Waals surface area contributed by atoms with Gasteiger partial charge in [0.05, 0.1) is 11.4 Å². The third-order valence-corrected chi connectivity index (χ3v) is 8.60. The van der Waals surface area contributed by atoms with Crippen LogP contribution >= 0.6 is 0 Å². The molecule has 0 saturated heterocycles. The zero-order valence-corrected chi connectivity index (χ0v) is 23.1. The van der Waals surface area contributed by atoms with Crippen molar-refractivity contribution in [3.63, 3.8) is 0 Å². The quantitative estimate of drug-likeness (QED) is 0.230. The molecule has 0 spiro atoms. The van der Waals surface area contributed by atoms with Gasteiger partial charge in [-0.2, -0.15) is 0 Å². The van der Waals surface area contributed by atoms with Crippen LogP contribution in [0.3, 0.4) is 0 Å². The molecule has 0 radical (unpaired) electrons. The van der Waals surface area contributed by atoms with E-state index in [1.54, 1.807) is 0 Å². The molecule has 2 heteroatoms. The first-order valence-electron chi connectivity index (χ1n) is 14.2. The summed E-state index contributed by atoms with van der Waals surface area (Å²) < 4.78 is 0. The largest absolute Gasteiger partial charge is 0.231 e. The van der Waals surface area contributed by atoms with Gasteiger partial charge in [0, 0.05) is 22.1 Å². The number of nitrogens with zero attached hydrogens (tertiary/aromatic N) is 2. The van der Waals surface area contributed by atoms with E-state index in [-0.39, 0.29) is 5.41 Å². The maximum atomic E-state index is 5.40. The fraction of sp³-hybridized carbons (Fsp3) is 0.0769. The number of benzene rings is 6. The molecule has 2 nitrogen and oxygen atoms in total. The van der Waals surface area contributed by atoms with Crippen LogP contribution in [0.1, 0.15) is 25.1 Å². The number of hydrogen-bond donors (Lipinski definition) is 0. The molecule has 41 heavy (non-hydrogen) atoms. The molecule has 0 fully saturated rings. The summed E-state index contributed by atoms with van der Waals surface area (Å²) >= 11 is 0. The van der Waals surface area contributed by atoms with Gasteiger partial charge < -0.3 is 0 Å². The molecule has 194 valence electrons. The van der Waals surface area contributed by atoms with Crippen molar-refractivity contribution in [2.45, 2.75) is 19.3 Å². The Morgan fingerprint density at radius 2 is 1.12 bits per heavy atom. The molecule has 6 aromatic carbocycles. The van der Waals surface area contributed by atoms with Crippen molar-refractivity contribution in [1.82, 2.24) is 9.97 Å². The fourth-order valence-electron chi connectivity index (χ4n) is 6.67. The maximum Gasteiger partial charge on any atom is 0.160 e. The molecule has 1 aliphatic carbocycles. The minimum atomic E-state index is -0.292. The molecular formula is C39H28N2. The summed E-state index contributed by atoms with van der Waals surface area (Å²) in [6, 6.07) is 47.5. The molecule has 0 saturated carbocycles. The van der Waals surface area contributed by atoms with Crippen molar-refractivity contribution >= 4 is 21.5 Å². The molecule has 7 aromatic rings. The zero-order chi connectivity index (χ0) is 27.6. The summed E-state index contributed by atoms with van der Waals surface area (Å²) in [5.74, 6) is 0.769. The second-order valence-corrected chi connectivity index (χ2v) is 11.4. The van der Waals surface area contributed by atoms with E-state index < -0.39 is 0 Å². The second kappa shape index (κ2) is 8.97. The normalized spacial score (nSPS) is 13.3. The van der Waals surface area contributed by atoms with E-state index in [1.165, 1.54) is 38.4 Å². The highest BCUT2D eigenvalue weighted by Gasteiger charge is 2.41. The van der Waals surface area contributed by atoms with Gasteiger partial charge in [-0.1, -0.05) is 141 Å². The average Bonchev–Trinajstić information content (AvgIpc) is 3.27. The van der Waals surface area contributed by atoms with Crippen LogP contribution in [0.5, 0.6) is 0 Å². The Bertz CT molecular complexity index is 2120. The fourth-order valence-corrected chi connectivity index (χ4v) is 6.67. The third kappa shape index (κ3) is 3.64. The maximum absolute atomic E-state index is 5.40. The molecular weight excluding hydrogens is 496 g/mol. The average molecular weight is 525 g/mol. The van der Waals surface area contributed by atoms with E-state index in [0.717, 1.165) is 39.3 Å². The minimum Gasteiger partial charge on any atom is -0.231 e. The van der Waals surface area contributed by atoms with Crippen molar-refractivity contribution < 1.29 is 0 Å². The van der Waals surface area contributed by atoms with Gasteiger partial charge in [0.25, 0.3) is 0 Å². The molecule has 8 rings (SSSR count). The van der Waals surface area contributed by atoms with Gasteiger partial charge in [-0.25, -0.2) is 9.97 Å². The first-order valence-corrected chi connectivity index (χ1v) is 14.2.